The maximum absolute atomic E-state index is 3.93. The van der Waals surface area contributed by atoms with Gasteiger partial charge in [-0.05, 0) is 81.5 Å². The molecular weight excluding hydrogens is 589 g/mol. The Morgan fingerprint density at radius 3 is 1.84 bits per heavy atom. The van der Waals surface area contributed by atoms with Gasteiger partial charge in [-0.3, -0.25) is 0 Å². The van der Waals surface area contributed by atoms with Crippen molar-refractivity contribution in [3.05, 3.63) is 241 Å². The van der Waals surface area contributed by atoms with Gasteiger partial charge in [0.15, 0.2) is 0 Å². The van der Waals surface area contributed by atoms with Crippen LogP contribution in [0.4, 0.5) is 0 Å². The Labute approximate surface area is 295 Å². The van der Waals surface area contributed by atoms with Crippen LogP contribution in [0, 0.1) is 0 Å². The summed E-state index contributed by atoms with van der Waals surface area (Å²) in [6.45, 7) is 15.4. The van der Waals surface area contributed by atoms with Crippen LogP contribution in [0.3, 0.4) is 0 Å². The molecule has 1 aliphatic carbocycles. The molecule has 49 heavy (non-hydrogen) atoms. The van der Waals surface area contributed by atoms with E-state index < -0.39 is 0 Å². The molecule has 1 aliphatic rings. The van der Waals surface area contributed by atoms with Crippen molar-refractivity contribution in [2.75, 3.05) is 0 Å². The van der Waals surface area contributed by atoms with E-state index in [1.807, 2.05) is 62.5 Å². The first-order valence-electron chi connectivity index (χ1n) is 16.6. The van der Waals surface area contributed by atoms with Crippen LogP contribution in [0.1, 0.15) is 49.1 Å². The molecule has 0 aliphatic heterocycles. The van der Waals surface area contributed by atoms with Crippen LogP contribution in [0.25, 0.3) is 22.3 Å². The fraction of sp³-hybridized carbons (Fsp3) is 0.102. The minimum Gasteiger partial charge on any atom is -0.103 e. The fourth-order valence-corrected chi connectivity index (χ4v) is 6.80. The van der Waals surface area contributed by atoms with Gasteiger partial charge in [0.2, 0.25) is 0 Å². The SMILES string of the molecule is C.C=C/C=C(\C=C/C)C(/C=C)=C/C=C\C.C=CCc1cccc(-c2cccc3c2-c2ccccc2C3(c2ccccc2)c2ccccc2)c1. The fourth-order valence-electron chi connectivity index (χ4n) is 6.80. The van der Waals surface area contributed by atoms with E-state index in [9.17, 15) is 0 Å². The predicted octanol–water partition coefficient (Wildman–Crippen LogP) is 13.4. The number of allylic oxidation sites excluding steroid dienone is 11. The van der Waals surface area contributed by atoms with Crippen molar-refractivity contribution in [2.45, 2.75) is 33.1 Å². The summed E-state index contributed by atoms with van der Waals surface area (Å²) in [6, 6.07) is 46.6. The highest BCUT2D eigenvalue weighted by atomic mass is 14.5. The van der Waals surface area contributed by atoms with E-state index in [4.69, 9.17) is 0 Å². The maximum Gasteiger partial charge on any atom is 0.0713 e. The van der Waals surface area contributed by atoms with Crippen LogP contribution >= 0.6 is 0 Å². The van der Waals surface area contributed by atoms with Gasteiger partial charge in [0.05, 0.1) is 5.41 Å². The molecule has 0 N–H and O–H groups in total. The first kappa shape index (κ1) is 36.1. The third-order valence-corrected chi connectivity index (χ3v) is 8.77. The van der Waals surface area contributed by atoms with Crippen molar-refractivity contribution in [1.29, 1.82) is 0 Å². The Hall–Kier alpha value is -5.72. The van der Waals surface area contributed by atoms with E-state index in [0.717, 1.165) is 17.6 Å². The zero-order chi connectivity index (χ0) is 33.8. The van der Waals surface area contributed by atoms with Gasteiger partial charge in [-0.25, -0.2) is 0 Å². The first-order valence-corrected chi connectivity index (χ1v) is 16.6. The Bertz CT molecular complexity index is 1950. The smallest absolute Gasteiger partial charge is 0.0713 e. The summed E-state index contributed by atoms with van der Waals surface area (Å²) >= 11 is 0. The van der Waals surface area contributed by atoms with Gasteiger partial charge in [0.1, 0.15) is 0 Å². The molecule has 5 aromatic carbocycles. The van der Waals surface area contributed by atoms with Crippen LogP contribution in [0.2, 0.25) is 0 Å². The lowest BCUT2D eigenvalue weighted by Gasteiger charge is -2.34. The summed E-state index contributed by atoms with van der Waals surface area (Å²) in [6.07, 6.45) is 18.5. The van der Waals surface area contributed by atoms with Crippen molar-refractivity contribution in [3.8, 4) is 22.3 Å². The third kappa shape index (κ3) is 7.40. The van der Waals surface area contributed by atoms with Crippen LogP contribution in [0.5, 0.6) is 0 Å². The number of benzene rings is 5. The molecule has 0 saturated carbocycles. The summed E-state index contributed by atoms with van der Waals surface area (Å²) < 4.78 is 0. The Morgan fingerprint density at radius 1 is 0.612 bits per heavy atom. The third-order valence-electron chi connectivity index (χ3n) is 8.77. The largest absolute Gasteiger partial charge is 0.103 e. The second-order valence-electron chi connectivity index (χ2n) is 11.7. The molecule has 0 atom stereocenters. The van der Waals surface area contributed by atoms with Gasteiger partial charge < -0.3 is 0 Å². The molecule has 244 valence electrons. The minimum absolute atomic E-state index is 0. The van der Waals surface area contributed by atoms with Crippen molar-refractivity contribution < 1.29 is 0 Å². The zero-order valence-electron chi connectivity index (χ0n) is 28.1. The van der Waals surface area contributed by atoms with Crippen LogP contribution in [-0.4, -0.2) is 0 Å². The van der Waals surface area contributed by atoms with Gasteiger partial charge in [-0.1, -0.05) is 203 Å². The summed E-state index contributed by atoms with van der Waals surface area (Å²) in [5.41, 5.74) is 13.6. The van der Waals surface area contributed by atoms with E-state index in [1.165, 1.54) is 50.1 Å². The Kier molecular flexibility index (Phi) is 12.9. The quantitative estimate of drug-likeness (QED) is 0.104. The molecule has 0 unspecified atom stereocenters. The molecule has 0 bridgehead atoms. The molecule has 5 aromatic rings. The molecule has 0 aromatic heterocycles. The highest BCUT2D eigenvalue weighted by molar-refractivity contribution is 5.95. The Morgan fingerprint density at radius 2 is 1.22 bits per heavy atom. The number of rotatable bonds is 10. The predicted molar refractivity (Wildman–Crippen MR) is 216 cm³/mol. The topological polar surface area (TPSA) is 0 Å². The molecule has 0 heteroatoms. The second kappa shape index (κ2) is 17.4. The molecule has 0 heterocycles. The standard InChI is InChI=1S/C34H26.C14H18.CH4/c1-2-13-25-14-11-15-26(24-25)29-21-12-23-32-33(29)30-20-9-10-22-31(30)34(32,27-16-5-3-6-17-27)28-18-7-4-8-19-28;1-5-9-12-13(8-4)14(10-6-2)11-7-3;/h2-12,14-24H,1,13H2;5-12H,2,4H2,1,3H3;1H4/b;9-5-,11-7-,13-12+,14-10+;. The van der Waals surface area contributed by atoms with Gasteiger partial charge in [0.25, 0.3) is 0 Å². The second-order valence-corrected chi connectivity index (χ2v) is 11.7. The lowest BCUT2D eigenvalue weighted by atomic mass is 9.67. The molecule has 6 rings (SSSR count). The summed E-state index contributed by atoms with van der Waals surface area (Å²) in [4.78, 5) is 0. The van der Waals surface area contributed by atoms with Gasteiger partial charge >= 0.3 is 0 Å². The number of hydrogen-bond donors (Lipinski definition) is 0. The average Bonchev–Trinajstić information content (AvgIpc) is 3.45. The van der Waals surface area contributed by atoms with E-state index in [-0.39, 0.29) is 12.8 Å². The highest BCUT2D eigenvalue weighted by Gasteiger charge is 2.46. The number of hydrogen-bond acceptors (Lipinski definition) is 0. The number of fused-ring (bicyclic) bond motifs is 3. The maximum atomic E-state index is 3.93. The van der Waals surface area contributed by atoms with Crippen molar-refractivity contribution in [2.24, 2.45) is 0 Å². The van der Waals surface area contributed by atoms with Gasteiger partial charge in [0, 0.05) is 0 Å². The molecule has 0 amide bonds. The molecule has 0 nitrogen and oxygen atoms in total. The first-order chi connectivity index (χ1) is 23.6. The van der Waals surface area contributed by atoms with Crippen LogP contribution < -0.4 is 0 Å². The summed E-state index contributed by atoms with van der Waals surface area (Å²) in [7, 11) is 0. The molecule has 0 spiro atoms. The molecule has 0 radical (unpaired) electrons. The van der Waals surface area contributed by atoms with Crippen molar-refractivity contribution in [1.82, 2.24) is 0 Å². The van der Waals surface area contributed by atoms with Gasteiger partial charge in [-0.15, -0.1) is 6.58 Å². The van der Waals surface area contributed by atoms with Crippen molar-refractivity contribution >= 4 is 0 Å². The molecule has 0 saturated heterocycles. The van der Waals surface area contributed by atoms with Crippen LogP contribution in [-0.2, 0) is 11.8 Å². The zero-order valence-corrected chi connectivity index (χ0v) is 28.1. The van der Waals surface area contributed by atoms with Crippen molar-refractivity contribution in [3.63, 3.8) is 0 Å². The average molecular weight is 637 g/mol. The van der Waals surface area contributed by atoms with E-state index in [2.05, 4.69) is 147 Å². The Balaban J connectivity index is 0.000000309. The molecular formula is C49H48. The summed E-state index contributed by atoms with van der Waals surface area (Å²) in [5.74, 6) is 0. The minimum atomic E-state index is -0.358. The lowest BCUT2D eigenvalue weighted by molar-refractivity contribution is 0.768. The highest BCUT2D eigenvalue weighted by Crippen LogP contribution is 2.58. The van der Waals surface area contributed by atoms with E-state index in [1.54, 1.807) is 6.08 Å². The lowest BCUT2D eigenvalue weighted by Crippen LogP contribution is -2.28. The van der Waals surface area contributed by atoms with Gasteiger partial charge in [-0.2, -0.15) is 0 Å². The monoisotopic (exact) mass is 636 g/mol. The van der Waals surface area contributed by atoms with E-state index >= 15 is 0 Å². The van der Waals surface area contributed by atoms with E-state index in [0.29, 0.717) is 0 Å². The van der Waals surface area contributed by atoms with Crippen LogP contribution in [0.15, 0.2) is 213 Å². The normalized spacial score (nSPS) is 13.1. The summed E-state index contributed by atoms with van der Waals surface area (Å²) in [5, 5.41) is 0. The molecule has 0 fully saturated rings.